The first kappa shape index (κ1) is 27.9. The van der Waals surface area contributed by atoms with Crippen LogP contribution in [0.3, 0.4) is 0 Å². The summed E-state index contributed by atoms with van der Waals surface area (Å²) in [6.07, 6.45) is 3.58. The molecule has 6 nitrogen and oxygen atoms in total. The number of hydrogen-bond acceptors (Lipinski definition) is 4. The van der Waals surface area contributed by atoms with Gasteiger partial charge in [-0.05, 0) is 49.9 Å². The molecule has 1 heterocycles. The normalized spacial score (nSPS) is 16.3. The van der Waals surface area contributed by atoms with E-state index in [1.807, 2.05) is 60.7 Å². The number of amides is 2. The van der Waals surface area contributed by atoms with Crippen LogP contribution >= 0.6 is 0 Å². The van der Waals surface area contributed by atoms with Crippen LogP contribution in [-0.4, -0.2) is 74.0 Å². The monoisotopic (exact) mass is 492 g/mol. The molecule has 3 rings (SSSR count). The minimum atomic E-state index is -0.0641. The van der Waals surface area contributed by atoms with E-state index in [2.05, 4.69) is 34.3 Å². The molecule has 1 saturated heterocycles. The maximum Gasteiger partial charge on any atom is 0.227 e. The summed E-state index contributed by atoms with van der Waals surface area (Å²) in [4.78, 5) is 30.2. The molecule has 0 spiro atoms. The van der Waals surface area contributed by atoms with Crippen molar-refractivity contribution < 1.29 is 9.59 Å². The van der Waals surface area contributed by atoms with Crippen LogP contribution in [0, 0.1) is 0 Å². The second-order valence-electron chi connectivity index (χ2n) is 9.72. The van der Waals surface area contributed by atoms with Crippen molar-refractivity contribution in [2.45, 2.75) is 51.4 Å². The molecule has 2 aromatic rings. The molecule has 2 atom stereocenters. The quantitative estimate of drug-likeness (QED) is 0.391. The van der Waals surface area contributed by atoms with Crippen LogP contribution in [0.4, 0.5) is 0 Å². The highest BCUT2D eigenvalue weighted by atomic mass is 16.2. The van der Waals surface area contributed by atoms with Gasteiger partial charge in [-0.15, -0.1) is 0 Å². The van der Waals surface area contributed by atoms with Gasteiger partial charge >= 0.3 is 0 Å². The van der Waals surface area contributed by atoms with Crippen molar-refractivity contribution in [1.29, 1.82) is 0 Å². The van der Waals surface area contributed by atoms with Crippen molar-refractivity contribution in [1.82, 2.24) is 20.4 Å². The first-order valence-corrected chi connectivity index (χ1v) is 13.7. The maximum atomic E-state index is 12.6. The van der Waals surface area contributed by atoms with Gasteiger partial charge in [0.2, 0.25) is 11.8 Å². The Labute approximate surface area is 217 Å². The number of nitrogens with one attached hydrogen (secondary N) is 2. The standard InChI is InChI=1S/C30H44N4O2/c1-3-27(25-13-7-5-8-14-25)29(35)31-17-11-19-33-21-23-34(24-22-33)20-12-18-32-30(36)28(4-2)26-15-9-6-10-16-26/h5-10,13-16,27-28H,3-4,11-12,17-24H2,1-2H3,(H,31,35)(H,32,36)/t27-,28-/m1/s1. The van der Waals surface area contributed by atoms with Crippen LogP contribution in [-0.2, 0) is 9.59 Å². The third-order valence-electron chi connectivity index (χ3n) is 7.22. The second kappa shape index (κ2) is 15.4. The Kier molecular flexibility index (Phi) is 11.9. The molecule has 0 radical (unpaired) electrons. The molecule has 2 aromatic carbocycles. The molecule has 2 N–H and O–H groups in total. The van der Waals surface area contributed by atoms with E-state index in [9.17, 15) is 9.59 Å². The Hall–Kier alpha value is -2.70. The van der Waals surface area contributed by atoms with E-state index in [0.717, 1.165) is 89.2 Å². The second-order valence-corrected chi connectivity index (χ2v) is 9.72. The average Bonchev–Trinajstić information content (AvgIpc) is 2.92. The number of carbonyl (C=O) groups excluding carboxylic acids is 2. The number of nitrogens with zero attached hydrogens (tertiary/aromatic N) is 2. The fraction of sp³-hybridized carbons (Fsp3) is 0.533. The molecular weight excluding hydrogens is 448 g/mol. The topological polar surface area (TPSA) is 64.7 Å². The molecule has 1 aliphatic rings. The summed E-state index contributed by atoms with van der Waals surface area (Å²) in [7, 11) is 0. The molecular formula is C30H44N4O2. The average molecular weight is 493 g/mol. The van der Waals surface area contributed by atoms with E-state index in [4.69, 9.17) is 0 Å². The lowest BCUT2D eigenvalue weighted by Gasteiger charge is -2.34. The number of rotatable bonds is 14. The van der Waals surface area contributed by atoms with Gasteiger partial charge in [-0.2, -0.15) is 0 Å². The van der Waals surface area contributed by atoms with Crippen LogP contribution in [0.2, 0.25) is 0 Å². The molecule has 0 aliphatic carbocycles. The molecule has 36 heavy (non-hydrogen) atoms. The summed E-state index contributed by atoms with van der Waals surface area (Å²) in [6.45, 7) is 11.9. The van der Waals surface area contributed by atoms with E-state index >= 15 is 0 Å². The van der Waals surface area contributed by atoms with E-state index in [1.54, 1.807) is 0 Å². The van der Waals surface area contributed by atoms with Crippen molar-refractivity contribution in [2.24, 2.45) is 0 Å². The highest BCUT2D eigenvalue weighted by Crippen LogP contribution is 2.20. The first-order valence-electron chi connectivity index (χ1n) is 13.7. The summed E-state index contributed by atoms with van der Waals surface area (Å²) >= 11 is 0. The summed E-state index contributed by atoms with van der Waals surface area (Å²) in [6, 6.07) is 20.1. The zero-order valence-corrected chi connectivity index (χ0v) is 22.1. The SMILES string of the molecule is CC[C@@H](C(=O)NCCCN1CCN(CCCNC(=O)[C@H](CC)c2ccccc2)CC1)c1ccccc1. The minimum absolute atomic E-state index is 0.0641. The van der Waals surface area contributed by atoms with Crippen molar-refractivity contribution in [3.63, 3.8) is 0 Å². The number of hydrogen-bond donors (Lipinski definition) is 2. The summed E-state index contributed by atoms with van der Waals surface area (Å²) in [5.74, 6) is 0.140. The van der Waals surface area contributed by atoms with Gasteiger partial charge in [0.1, 0.15) is 0 Å². The molecule has 2 amide bonds. The Balaban J connectivity index is 1.25. The van der Waals surface area contributed by atoms with Crippen LogP contribution in [0.1, 0.15) is 62.5 Å². The number of benzene rings is 2. The van der Waals surface area contributed by atoms with Crippen LogP contribution in [0.5, 0.6) is 0 Å². The van der Waals surface area contributed by atoms with E-state index < -0.39 is 0 Å². The van der Waals surface area contributed by atoms with Crippen molar-refractivity contribution in [3.8, 4) is 0 Å². The molecule has 1 aliphatic heterocycles. The third-order valence-corrected chi connectivity index (χ3v) is 7.22. The minimum Gasteiger partial charge on any atom is -0.356 e. The summed E-state index contributed by atoms with van der Waals surface area (Å²) in [5.41, 5.74) is 2.18. The third kappa shape index (κ3) is 8.75. The Bertz CT molecular complexity index is 822. The molecule has 0 saturated carbocycles. The van der Waals surface area contributed by atoms with Gasteiger partial charge in [0, 0.05) is 39.3 Å². The zero-order valence-electron chi connectivity index (χ0n) is 22.1. The van der Waals surface area contributed by atoms with Gasteiger partial charge in [-0.25, -0.2) is 0 Å². The van der Waals surface area contributed by atoms with E-state index in [-0.39, 0.29) is 23.7 Å². The van der Waals surface area contributed by atoms with E-state index in [1.165, 1.54) is 0 Å². The highest BCUT2D eigenvalue weighted by molar-refractivity contribution is 5.84. The van der Waals surface area contributed by atoms with Gasteiger partial charge in [-0.3, -0.25) is 9.59 Å². The van der Waals surface area contributed by atoms with Gasteiger partial charge in [0.05, 0.1) is 11.8 Å². The predicted molar refractivity (Wildman–Crippen MR) is 147 cm³/mol. The first-order chi connectivity index (χ1) is 17.6. The lowest BCUT2D eigenvalue weighted by atomic mass is 9.96. The molecule has 1 fully saturated rings. The number of piperazine rings is 1. The fourth-order valence-electron chi connectivity index (χ4n) is 5.03. The van der Waals surface area contributed by atoms with Gasteiger partial charge in [0.15, 0.2) is 0 Å². The van der Waals surface area contributed by atoms with Gasteiger partial charge in [0.25, 0.3) is 0 Å². The highest BCUT2D eigenvalue weighted by Gasteiger charge is 2.20. The molecule has 196 valence electrons. The Morgan fingerprint density at radius 2 is 1.03 bits per heavy atom. The van der Waals surface area contributed by atoms with E-state index in [0.29, 0.717) is 0 Å². The summed E-state index contributed by atoms with van der Waals surface area (Å²) in [5, 5.41) is 6.27. The zero-order chi connectivity index (χ0) is 25.6. The van der Waals surface area contributed by atoms with Crippen LogP contribution < -0.4 is 10.6 Å². The van der Waals surface area contributed by atoms with Crippen LogP contribution in [0.25, 0.3) is 0 Å². The fourth-order valence-corrected chi connectivity index (χ4v) is 5.03. The predicted octanol–water partition coefficient (Wildman–Crippen LogP) is 4.00. The van der Waals surface area contributed by atoms with Crippen LogP contribution in [0.15, 0.2) is 60.7 Å². The van der Waals surface area contributed by atoms with Gasteiger partial charge < -0.3 is 20.4 Å². The van der Waals surface area contributed by atoms with Gasteiger partial charge in [-0.1, -0.05) is 74.5 Å². The molecule has 0 unspecified atom stereocenters. The summed E-state index contributed by atoms with van der Waals surface area (Å²) < 4.78 is 0. The Morgan fingerprint density at radius 3 is 1.36 bits per heavy atom. The Morgan fingerprint density at radius 1 is 0.667 bits per heavy atom. The maximum absolute atomic E-state index is 12.6. The van der Waals surface area contributed by atoms with Crippen molar-refractivity contribution in [3.05, 3.63) is 71.8 Å². The largest absolute Gasteiger partial charge is 0.356 e. The molecule has 0 bridgehead atoms. The van der Waals surface area contributed by atoms with Crippen molar-refractivity contribution >= 4 is 11.8 Å². The van der Waals surface area contributed by atoms with Crippen molar-refractivity contribution in [2.75, 3.05) is 52.4 Å². The molecule has 0 aromatic heterocycles. The number of carbonyl (C=O) groups is 2. The lowest BCUT2D eigenvalue weighted by molar-refractivity contribution is -0.123. The molecule has 6 heteroatoms. The lowest BCUT2D eigenvalue weighted by Crippen LogP contribution is -2.47. The smallest absolute Gasteiger partial charge is 0.227 e.